The van der Waals surface area contributed by atoms with E-state index in [4.69, 9.17) is 0 Å². The van der Waals surface area contributed by atoms with Gasteiger partial charge >= 0.3 is 0 Å². The Kier molecular flexibility index (Phi) is 4.10. The third kappa shape index (κ3) is 3.38. The highest BCUT2D eigenvalue weighted by atomic mass is 32.2. The van der Waals surface area contributed by atoms with Crippen LogP contribution in [0.2, 0.25) is 0 Å². The van der Waals surface area contributed by atoms with E-state index in [0.717, 1.165) is 37.5 Å². The molecule has 0 atom stereocenters. The van der Waals surface area contributed by atoms with Crippen LogP contribution >= 0.6 is 0 Å². The van der Waals surface area contributed by atoms with Crippen LogP contribution in [0.5, 0.6) is 0 Å². The Labute approximate surface area is 151 Å². The van der Waals surface area contributed by atoms with E-state index in [1.54, 1.807) is 6.07 Å². The van der Waals surface area contributed by atoms with Gasteiger partial charge in [-0.2, -0.15) is 0 Å². The molecule has 0 bridgehead atoms. The average molecular weight is 379 g/mol. The largest absolute Gasteiger partial charge is 0.356 e. The average Bonchev–Trinajstić information content (AvgIpc) is 3.36. The highest BCUT2D eigenvalue weighted by Crippen LogP contribution is 2.52. The van der Waals surface area contributed by atoms with Crippen molar-refractivity contribution in [2.45, 2.75) is 30.6 Å². The molecule has 4 rings (SSSR count). The molecule has 1 saturated heterocycles. The monoisotopic (exact) mass is 379 g/mol. The van der Waals surface area contributed by atoms with Crippen molar-refractivity contribution in [3.8, 4) is 0 Å². The van der Waals surface area contributed by atoms with Gasteiger partial charge in [0.15, 0.2) is 11.6 Å². The molecule has 1 aliphatic carbocycles. The number of benzene rings is 1. The molecule has 5 nitrogen and oxygen atoms in total. The predicted molar refractivity (Wildman–Crippen MR) is 94.5 cm³/mol. The van der Waals surface area contributed by atoms with E-state index in [9.17, 15) is 17.2 Å². The topological polar surface area (TPSA) is 62.3 Å². The quantitative estimate of drug-likeness (QED) is 0.883. The van der Waals surface area contributed by atoms with Gasteiger partial charge in [-0.25, -0.2) is 22.2 Å². The van der Waals surface area contributed by atoms with Gasteiger partial charge in [0.1, 0.15) is 10.7 Å². The van der Waals surface area contributed by atoms with Crippen LogP contribution in [0.25, 0.3) is 0 Å². The van der Waals surface area contributed by atoms with Crippen molar-refractivity contribution in [1.82, 2.24) is 4.98 Å². The predicted octanol–water partition coefficient (Wildman–Crippen LogP) is 3.54. The molecule has 1 aliphatic heterocycles. The Morgan fingerprint density at radius 1 is 1.08 bits per heavy atom. The van der Waals surface area contributed by atoms with E-state index in [1.165, 1.54) is 37.6 Å². The molecule has 2 fully saturated rings. The first-order chi connectivity index (χ1) is 12.4. The molecule has 0 amide bonds. The summed E-state index contributed by atoms with van der Waals surface area (Å²) in [5, 5.41) is 0. The Hall–Kier alpha value is -2.22. The number of pyridine rings is 1. The second kappa shape index (κ2) is 6.19. The van der Waals surface area contributed by atoms with E-state index in [1.807, 2.05) is 0 Å². The standard InChI is InChI=1S/C18H19F2N3O2S/c19-15-4-2-13(10-16(15)20)22-26(24,25)14-3-5-17(21-11-14)23-9-1-6-18(12-23)7-8-18/h2-5,10-11,22H,1,6-9,12H2. The number of anilines is 2. The van der Waals surface area contributed by atoms with E-state index in [-0.39, 0.29) is 10.6 Å². The number of rotatable bonds is 4. The SMILES string of the molecule is O=S(=O)(Nc1ccc(F)c(F)c1)c1ccc(N2CCCC3(CC3)C2)nc1. The van der Waals surface area contributed by atoms with Gasteiger partial charge in [-0.1, -0.05) is 0 Å². The fourth-order valence-electron chi connectivity index (χ4n) is 3.48. The van der Waals surface area contributed by atoms with E-state index in [2.05, 4.69) is 14.6 Å². The number of halogens is 2. The van der Waals surface area contributed by atoms with Crippen molar-refractivity contribution in [3.63, 3.8) is 0 Å². The zero-order valence-corrected chi connectivity index (χ0v) is 14.9. The first-order valence-electron chi connectivity index (χ1n) is 8.56. The van der Waals surface area contributed by atoms with Crippen LogP contribution in [-0.2, 0) is 10.0 Å². The zero-order valence-electron chi connectivity index (χ0n) is 14.1. The summed E-state index contributed by atoms with van der Waals surface area (Å²) >= 11 is 0. The lowest BCUT2D eigenvalue weighted by molar-refractivity contribution is 0.393. The van der Waals surface area contributed by atoms with Crippen molar-refractivity contribution >= 4 is 21.5 Å². The van der Waals surface area contributed by atoms with Crippen LogP contribution in [0, 0.1) is 17.0 Å². The number of piperidine rings is 1. The first-order valence-corrected chi connectivity index (χ1v) is 10.0. The summed E-state index contributed by atoms with van der Waals surface area (Å²) in [7, 11) is -3.92. The van der Waals surface area contributed by atoms with Crippen LogP contribution in [0.1, 0.15) is 25.7 Å². The maximum atomic E-state index is 13.3. The molecule has 1 aromatic heterocycles. The maximum Gasteiger partial charge on any atom is 0.263 e. The summed E-state index contributed by atoms with van der Waals surface area (Å²) in [6, 6.07) is 6.02. The molecule has 8 heteroatoms. The summed E-state index contributed by atoms with van der Waals surface area (Å²) < 4.78 is 53.3. The van der Waals surface area contributed by atoms with Gasteiger partial charge in [0.2, 0.25) is 0 Å². The summed E-state index contributed by atoms with van der Waals surface area (Å²) in [6.07, 6.45) is 6.20. The third-order valence-corrected chi connectivity index (χ3v) is 6.51. The summed E-state index contributed by atoms with van der Waals surface area (Å²) in [4.78, 5) is 6.49. The molecule has 2 aliphatic rings. The van der Waals surface area contributed by atoms with Crippen molar-refractivity contribution in [3.05, 3.63) is 48.2 Å². The van der Waals surface area contributed by atoms with E-state index in [0.29, 0.717) is 5.41 Å². The molecule has 0 radical (unpaired) electrons. The minimum absolute atomic E-state index is 0.0240. The van der Waals surface area contributed by atoms with Gasteiger partial charge in [-0.15, -0.1) is 0 Å². The maximum absolute atomic E-state index is 13.3. The zero-order chi connectivity index (χ0) is 18.4. The molecule has 1 N–H and O–H groups in total. The fraction of sp³-hybridized carbons (Fsp3) is 0.389. The van der Waals surface area contributed by atoms with Gasteiger partial charge in [-0.05, 0) is 55.4 Å². The molecule has 1 aromatic carbocycles. The van der Waals surface area contributed by atoms with E-state index < -0.39 is 21.7 Å². The lowest BCUT2D eigenvalue weighted by atomic mass is 9.95. The van der Waals surface area contributed by atoms with E-state index >= 15 is 0 Å². The van der Waals surface area contributed by atoms with Crippen molar-refractivity contribution < 1.29 is 17.2 Å². The molecule has 26 heavy (non-hydrogen) atoms. The normalized spacial score (nSPS) is 18.8. The van der Waals surface area contributed by atoms with Crippen molar-refractivity contribution in [2.75, 3.05) is 22.7 Å². The van der Waals surface area contributed by atoms with Gasteiger partial charge < -0.3 is 4.90 Å². The van der Waals surface area contributed by atoms with Gasteiger partial charge in [0, 0.05) is 25.4 Å². The highest BCUT2D eigenvalue weighted by molar-refractivity contribution is 7.92. The summed E-state index contributed by atoms with van der Waals surface area (Å²) in [5.41, 5.74) is 0.401. The van der Waals surface area contributed by atoms with Crippen molar-refractivity contribution in [1.29, 1.82) is 0 Å². The Morgan fingerprint density at radius 2 is 1.88 bits per heavy atom. The van der Waals surface area contributed by atoms with Crippen LogP contribution in [0.4, 0.5) is 20.3 Å². The molecule has 138 valence electrons. The van der Waals surface area contributed by atoms with Crippen LogP contribution in [-0.4, -0.2) is 26.5 Å². The Balaban J connectivity index is 1.50. The number of nitrogens with one attached hydrogen (secondary N) is 1. The number of aromatic nitrogens is 1. The van der Waals surface area contributed by atoms with Crippen molar-refractivity contribution in [2.24, 2.45) is 5.41 Å². The van der Waals surface area contributed by atoms with Gasteiger partial charge in [0.25, 0.3) is 10.0 Å². The lowest BCUT2D eigenvalue weighted by Crippen LogP contribution is -2.36. The molecule has 1 spiro atoms. The molecule has 2 aromatic rings. The fourth-order valence-corrected chi connectivity index (χ4v) is 4.47. The third-order valence-electron chi connectivity index (χ3n) is 5.15. The Morgan fingerprint density at radius 3 is 2.54 bits per heavy atom. The number of nitrogens with zero attached hydrogens (tertiary/aromatic N) is 2. The Bertz CT molecular complexity index is 928. The lowest BCUT2D eigenvalue weighted by Gasteiger charge is -2.33. The number of sulfonamides is 1. The number of hydrogen-bond donors (Lipinski definition) is 1. The molecular formula is C18H19F2N3O2S. The van der Waals surface area contributed by atoms with Gasteiger partial charge in [-0.3, -0.25) is 4.72 Å². The van der Waals surface area contributed by atoms with Crippen LogP contribution in [0.3, 0.4) is 0 Å². The molecular weight excluding hydrogens is 360 g/mol. The summed E-state index contributed by atoms with van der Waals surface area (Å²) in [5.74, 6) is -1.38. The van der Waals surface area contributed by atoms with Crippen LogP contribution in [0.15, 0.2) is 41.4 Å². The second-order valence-electron chi connectivity index (χ2n) is 7.11. The molecule has 2 heterocycles. The second-order valence-corrected chi connectivity index (χ2v) is 8.79. The summed E-state index contributed by atoms with van der Waals surface area (Å²) in [6.45, 7) is 1.90. The highest BCUT2D eigenvalue weighted by Gasteiger charge is 2.45. The smallest absolute Gasteiger partial charge is 0.263 e. The molecule has 0 unspecified atom stereocenters. The minimum Gasteiger partial charge on any atom is -0.356 e. The number of hydrogen-bond acceptors (Lipinski definition) is 4. The minimum atomic E-state index is -3.92. The van der Waals surface area contributed by atoms with Gasteiger partial charge in [0.05, 0.1) is 5.69 Å². The van der Waals surface area contributed by atoms with Crippen LogP contribution < -0.4 is 9.62 Å². The molecule has 1 saturated carbocycles. The first kappa shape index (κ1) is 17.2.